The lowest BCUT2D eigenvalue weighted by atomic mass is 10.2. The molecule has 0 bridgehead atoms. The lowest BCUT2D eigenvalue weighted by Gasteiger charge is -2.36. The van der Waals surface area contributed by atoms with E-state index in [1.54, 1.807) is 17.0 Å². The molecule has 1 aromatic carbocycles. The second-order valence-corrected chi connectivity index (χ2v) is 7.26. The Morgan fingerprint density at radius 3 is 2.67 bits per heavy atom. The van der Waals surface area contributed by atoms with Gasteiger partial charge < -0.3 is 19.9 Å². The molecule has 0 aliphatic carbocycles. The number of nitrogens with one attached hydrogen (secondary N) is 1. The zero-order valence-electron chi connectivity index (χ0n) is 16.9. The molecule has 0 unspecified atom stereocenters. The number of benzene rings is 1. The molecule has 2 aliphatic rings. The molecule has 8 nitrogen and oxygen atoms in total. The molecule has 0 aromatic heterocycles. The van der Waals surface area contributed by atoms with Gasteiger partial charge >= 0.3 is 6.09 Å². The van der Waals surface area contributed by atoms with Crippen molar-refractivity contribution < 1.29 is 23.5 Å². The van der Waals surface area contributed by atoms with Gasteiger partial charge in [0.1, 0.15) is 11.9 Å². The summed E-state index contributed by atoms with van der Waals surface area (Å²) in [5.41, 5.74) is 0.825. The minimum absolute atomic E-state index is 0.0183. The first-order valence-electron chi connectivity index (χ1n) is 9.87. The van der Waals surface area contributed by atoms with Crippen LogP contribution in [0.5, 0.6) is 0 Å². The maximum Gasteiger partial charge on any atom is 0.414 e. The van der Waals surface area contributed by atoms with Crippen LogP contribution in [0.4, 0.5) is 20.6 Å². The van der Waals surface area contributed by atoms with Gasteiger partial charge in [-0.25, -0.2) is 9.18 Å². The molecule has 2 saturated heterocycles. The number of piperazine rings is 1. The van der Waals surface area contributed by atoms with Crippen molar-refractivity contribution in [2.45, 2.75) is 25.9 Å². The first-order valence-corrected chi connectivity index (χ1v) is 9.87. The fourth-order valence-corrected chi connectivity index (χ4v) is 3.55. The number of carbonyl (C=O) groups excluding carboxylic acids is 3. The van der Waals surface area contributed by atoms with E-state index in [0.29, 0.717) is 50.4 Å². The minimum atomic E-state index is -0.573. The predicted octanol–water partition coefficient (Wildman–Crippen LogP) is 1.35. The van der Waals surface area contributed by atoms with Crippen molar-refractivity contribution in [3.8, 4) is 12.3 Å². The molecule has 1 N–H and O–H groups in total. The third-order valence-corrected chi connectivity index (χ3v) is 5.15. The number of nitrogens with zero attached hydrogens (tertiary/aromatic N) is 3. The first-order chi connectivity index (χ1) is 14.4. The number of hydrogen-bond acceptors (Lipinski definition) is 5. The van der Waals surface area contributed by atoms with Crippen LogP contribution in [0.2, 0.25) is 0 Å². The number of anilines is 2. The van der Waals surface area contributed by atoms with Crippen molar-refractivity contribution in [2.75, 3.05) is 49.1 Å². The lowest BCUT2D eigenvalue weighted by Crippen LogP contribution is -2.49. The van der Waals surface area contributed by atoms with Gasteiger partial charge in [0.05, 0.1) is 24.5 Å². The average Bonchev–Trinajstić information content (AvgIpc) is 3.11. The molecule has 0 radical (unpaired) electrons. The smallest absolute Gasteiger partial charge is 0.414 e. The van der Waals surface area contributed by atoms with Gasteiger partial charge in [-0.2, -0.15) is 0 Å². The Bertz CT molecular complexity index is 861. The van der Waals surface area contributed by atoms with Crippen molar-refractivity contribution in [3.63, 3.8) is 0 Å². The van der Waals surface area contributed by atoms with Crippen LogP contribution in [0.3, 0.4) is 0 Å². The molecule has 2 fully saturated rings. The lowest BCUT2D eigenvalue weighted by molar-refractivity contribution is -0.131. The monoisotopic (exact) mass is 416 g/mol. The number of cyclic esters (lactones) is 1. The summed E-state index contributed by atoms with van der Waals surface area (Å²) in [5.74, 6) is 1.82. The van der Waals surface area contributed by atoms with E-state index in [0.717, 1.165) is 0 Å². The highest BCUT2D eigenvalue weighted by molar-refractivity contribution is 5.90. The second-order valence-electron chi connectivity index (χ2n) is 7.26. The highest BCUT2D eigenvalue weighted by atomic mass is 19.1. The van der Waals surface area contributed by atoms with E-state index in [2.05, 4.69) is 11.2 Å². The standard InChI is InChI=1S/C21H25FN4O4/c1-3-4-5-20(28)25-10-8-24(9-11-25)19-7-6-16(12-18(19)22)26-14-17(30-21(26)29)13-23-15(2)27/h1,6-7,12,17H,4-5,8-11,13-14H2,2H3,(H,23,27)/t17-/m0/s1. The van der Waals surface area contributed by atoms with E-state index < -0.39 is 18.0 Å². The quantitative estimate of drug-likeness (QED) is 0.708. The van der Waals surface area contributed by atoms with Gasteiger partial charge in [0.15, 0.2) is 0 Å². The number of rotatable bonds is 6. The van der Waals surface area contributed by atoms with E-state index in [1.165, 1.54) is 17.9 Å². The van der Waals surface area contributed by atoms with E-state index in [1.807, 2.05) is 4.90 Å². The van der Waals surface area contributed by atoms with Crippen LogP contribution < -0.4 is 15.1 Å². The second kappa shape index (κ2) is 9.48. The summed E-state index contributed by atoms with van der Waals surface area (Å²) in [7, 11) is 0. The highest BCUT2D eigenvalue weighted by Gasteiger charge is 2.33. The van der Waals surface area contributed by atoms with E-state index in [9.17, 15) is 18.8 Å². The van der Waals surface area contributed by atoms with Crippen LogP contribution in [0.15, 0.2) is 18.2 Å². The van der Waals surface area contributed by atoms with E-state index in [4.69, 9.17) is 11.2 Å². The van der Waals surface area contributed by atoms with Gasteiger partial charge in [-0.3, -0.25) is 14.5 Å². The maximum absolute atomic E-state index is 14.8. The molecule has 2 heterocycles. The zero-order chi connectivity index (χ0) is 21.7. The Morgan fingerprint density at radius 2 is 2.03 bits per heavy atom. The maximum atomic E-state index is 14.8. The normalized spacial score (nSPS) is 18.8. The number of carbonyl (C=O) groups is 3. The molecular formula is C21H25FN4O4. The van der Waals surface area contributed by atoms with Gasteiger partial charge in [-0.15, -0.1) is 12.3 Å². The van der Waals surface area contributed by atoms with Crippen LogP contribution in [0, 0.1) is 18.2 Å². The number of halogens is 1. The van der Waals surface area contributed by atoms with Crippen LogP contribution in [0.25, 0.3) is 0 Å². The summed E-state index contributed by atoms with van der Waals surface area (Å²) in [6.07, 6.45) is 4.89. The molecule has 160 valence electrons. The molecule has 0 saturated carbocycles. The molecule has 30 heavy (non-hydrogen) atoms. The SMILES string of the molecule is C#CCCC(=O)N1CCN(c2ccc(N3C[C@H](CNC(C)=O)OC3=O)cc2F)CC1. The largest absolute Gasteiger partial charge is 0.442 e. The Morgan fingerprint density at radius 1 is 1.30 bits per heavy atom. The van der Waals surface area contributed by atoms with Crippen LogP contribution >= 0.6 is 0 Å². The molecule has 1 aromatic rings. The summed E-state index contributed by atoms with van der Waals surface area (Å²) in [5, 5.41) is 2.60. The van der Waals surface area contributed by atoms with Crippen LogP contribution in [-0.4, -0.2) is 68.2 Å². The van der Waals surface area contributed by atoms with Crippen molar-refractivity contribution >= 4 is 29.3 Å². The third kappa shape index (κ3) is 5.00. The molecule has 0 spiro atoms. The van der Waals surface area contributed by atoms with Gasteiger partial charge in [0, 0.05) is 45.9 Å². The third-order valence-electron chi connectivity index (χ3n) is 5.15. The molecule has 2 aliphatic heterocycles. The number of amides is 3. The van der Waals surface area contributed by atoms with Crippen LogP contribution in [0.1, 0.15) is 19.8 Å². The van der Waals surface area contributed by atoms with Crippen molar-refractivity contribution in [3.05, 3.63) is 24.0 Å². The van der Waals surface area contributed by atoms with Crippen LogP contribution in [-0.2, 0) is 14.3 Å². The Labute approximate surface area is 174 Å². The summed E-state index contributed by atoms with van der Waals surface area (Å²) in [6.45, 7) is 3.88. The fraction of sp³-hybridized carbons (Fsp3) is 0.476. The topological polar surface area (TPSA) is 82.2 Å². The number of hydrogen-bond donors (Lipinski definition) is 1. The summed E-state index contributed by atoms with van der Waals surface area (Å²) in [6, 6.07) is 4.61. The average molecular weight is 416 g/mol. The highest BCUT2D eigenvalue weighted by Crippen LogP contribution is 2.28. The van der Waals surface area contributed by atoms with Gasteiger partial charge in [-0.05, 0) is 18.2 Å². The summed E-state index contributed by atoms with van der Waals surface area (Å²) < 4.78 is 20.0. The summed E-state index contributed by atoms with van der Waals surface area (Å²) in [4.78, 5) is 40.2. The fourth-order valence-electron chi connectivity index (χ4n) is 3.55. The molecule has 1 atom stereocenters. The number of ether oxygens (including phenoxy) is 1. The van der Waals surface area contributed by atoms with E-state index >= 15 is 0 Å². The van der Waals surface area contributed by atoms with Gasteiger partial charge in [0.2, 0.25) is 11.8 Å². The number of terminal acetylenes is 1. The Kier molecular flexibility index (Phi) is 6.77. The Balaban J connectivity index is 1.60. The molecule has 3 amide bonds. The molecule has 9 heteroatoms. The minimum Gasteiger partial charge on any atom is -0.442 e. The van der Waals surface area contributed by atoms with Gasteiger partial charge in [0.25, 0.3) is 0 Å². The Hall–Kier alpha value is -3.28. The molecule has 3 rings (SSSR count). The molecular weight excluding hydrogens is 391 g/mol. The first kappa shape index (κ1) is 21.4. The van der Waals surface area contributed by atoms with Crippen molar-refractivity contribution in [2.24, 2.45) is 0 Å². The van der Waals surface area contributed by atoms with Gasteiger partial charge in [-0.1, -0.05) is 0 Å². The predicted molar refractivity (Wildman–Crippen MR) is 110 cm³/mol. The zero-order valence-corrected chi connectivity index (χ0v) is 16.9. The van der Waals surface area contributed by atoms with Crippen molar-refractivity contribution in [1.29, 1.82) is 0 Å². The van der Waals surface area contributed by atoms with Crippen molar-refractivity contribution in [1.82, 2.24) is 10.2 Å². The summed E-state index contributed by atoms with van der Waals surface area (Å²) >= 11 is 0. The van der Waals surface area contributed by atoms with E-state index in [-0.39, 0.29) is 24.9 Å².